The second-order valence-corrected chi connectivity index (χ2v) is 5.75. The molecule has 0 N–H and O–H groups in total. The van der Waals surface area contributed by atoms with E-state index in [0.29, 0.717) is 11.3 Å². The van der Waals surface area contributed by atoms with Crippen LogP contribution in [-0.2, 0) is 14.6 Å². The molecule has 0 aliphatic carbocycles. The Labute approximate surface area is 100 Å². The van der Waals surface area contributed by atoms with E-state index in [-0.39, 0.29) is 12.4 Å². The minimum absolute atomic E-state index is 0.0360. The molecule has 0 spiro atoms. The third kappa shape index (κ3) is 4.86. The molecule has 0 amide bonds. The highest BCUT2D eigenvalue weighted by Crippen LogP contribution is 2.12. The number of sulfone groups is 1. The molecule has 1 aromatic rings. The molecule has 0 atom stereocenters. The van der Waals surface area contributed by atoms with E-state index in [1.165, 1.54) is 7.11 Å². The molecule has 17 heavy (non-hydrogen) atoms. The van der Waals surface area contributed by atoms with Gasteiger partial charge >= 0.3 is 5.97 Å². The predicted octanol–water partition coefficient (Wildman–Crippen LogP) is 0.897. The summed E-state index contributed by atoms with van der Waals surface area (Å²) in [6.45, 7) is 0.0937. The molecule has 0 saturated carbocycles. The molecule has 5 nitrogen and oxygen atoms in total. The molecule has 0 radical (unpaired) electrons. The smallest absolute Gasteiger partial charge is 0.337 e. The fourth-order valence-electron chi connectivity index (χ4n) is 1.12. The molecule has 94 valence electrons. The Hall–Kier alpha value is -1.56. The van der Waals surface area contributed by atoms with Gasteiger partial charge in [-0.3, -0.25) is 0 Å². The number of hydrogen-bond acceptors (Lipinski definition) is 5. The molecule has 0 aliphatic heterocycles. The van der Waals surface area contributed by atoms with Crippen molar-refractivity contribution in [1.29, 1.82) is 0 Å². The molecule has 0 aliphatic rings. The summed E-state index contributed by atoms with van der Waals surface area (Å²) in [4.78, 5) is 11.1. The first-order valence-corrected chi connectivity index (χ1v) is 6.97. The molecule has 1 aromatic carbocycles. The lowest BCUT2D eigenvalue weighted by atomic mass is 10.2. The van der Waals surface area contributed by atoms with Gasteiger partial charge in [0.1, 0.15) is 12.4 Å². The number of benzene rings is 1. The van der Waals surface area contributed by atoms with Crippen LogP contribution in [0.1, 0.15) is 10.4 Å². The second-order valence-electron chi connectivity index (χ2n) is 3.49. The predicted molar refractivity (Wildman–Crippen MR) is 63.0 cm³/mol. The van der Waals surface area contributed by atoms with Gasteiger partial charge in [-0.25, -0.2) is 13.2 Å². The van der Waals surface area contributed by atoms with Crippen LogP contribution >= 0.6 is 0 Å². The summed E-state index contributed by atoms with van der Waals surface area (Å²) in [5.74, 6) is 0.0557. The summed E-state index contributed by atoms with van der Waals surface area (Å²) < 4.78 is 31.5. The molecular formula is C11H14O5S. The Bertz CT molecular complexity index is 475. The lowest BCUT2D eigenvalue weighted by molar-refractivity contribution is 0.0600. The van der Waals surface area contributed by atoms with Gasteiger partial charge in [0, 0.05) is 6.26 Å². The Kier molecular flexibility index (Phi) is 4.51. The molecule has 0 bridgehead atoms. The highest BCUT2D eigenvalue weighted by atomic mass is 32.2. The third-order valence-electron chi connectivity index (χ3n) is 2.00. The molecule has 0 heterocycles. The van der Waals surface area contributed by atoms with Crippen LogP contribution in [0.2, 0.25) is 0 Å². The molecule has 1 rings (SSSR count). The monoisotopic (exact) mass is 258 g/mol. The van der Waals surface area contributed by atoms with E-state index in [9.17, 15) is 13.2 Å². The van der Waals surface area contributed by atoms with Gasteiger partial charge in [-0.15, -0.1) is 0 Å². The fourth-order valence-corrected chi connectivity index (χ4v) is 1.50. The van der Waals surface area contributed by atoms with E-state index >= 15 is 0 Å². The van der Waals surface area contributed by atoms with Crippen LogP contribution in [0.5, 0.6) is 5.75 Å². The molecular weight excluding hydrogens is 244 g/mol. The van der Waals surface area contributed by atoms with Crippen LogP contribution in [0.4, 0.5) is 0 Å². The Balaban J connectivity index is 2.54. The van der Waals surface area contributed by atoms with E-state index < -0.39 is 15.8 Å². The van der Waals surface area contributed by atoms with Gasteiger partial charge in [-0.2, -0.15) is 0 Å². The van der Waals surface area contributed by atoms with Gasteiger partial charge < -0.3 is 9.47 Å². The molecule has 0 unspecified atom stereocenters. The number of methoxy groups -OCH3 is 1. The van der Waals surface area contributed by atoms with Gasteiger partial charge in [0.25, 0.3) is 0 Å². The van der Waals surface area contributed by atoms with Crippen LogP contribution in [0.3, 0.4) is 0 Å². The van der Waals surface area contributed by atoms with Crippen molar-refractivity contribution in [2.45, 2.75) is 0 Å². The first-order chi connectivity index (χ1) is 7.92. The molecule has 0 saturated heterocycles. The maximum Gasteiger partial charge on any atom is 0.337 e. The number of esters is 1. The standard InChI is InChI=1S/C11H14O5S/c1-15-11(12)9-3-5-10(6-4-9)16-7-8-17(2,13)14/h3-6H,7-8H2,1-2H3. The largest absolute Gasteiger partial charge is 0.493 e. The number of ether oxygens (including phenoxy) is 2. The van der Waals surface area contributed by atoms with Crippen molar-refractivity contribution in [3.05, 3.63) is 29.8 Å². The zero-order valence-electron chi connectivity index (χ0n) is 9.67. The van der Waals surface area contributed by atoms with Crippen LogP contribution in [0, 0.1) is 0 Å². The number of carbonyl (C=O) groups is 1. The number of hydrogen-bond donors (Lipinski definition) is 0. The maximum absolute atomic E-state index is 11.1. The SMILES string of the molecule is COC(=O)c1ccc(OCCS(C)(=O)=O)cc1. The lowest BCUT2D eigenvalue weighted by Crippen LogP contribution is -2.12. The lowest BCUT2D eigenvalue weighted by Gasteiger charge is -2.05. The van der Waals surface area contributed by atoms with Crippen LogP contribution in [0.15, 0.2) is 24.3 Å². The summed E-state index contributed by atoms with van der Waals surface area (Å²) in [6, 6.07) is 6.30. The second kappa shape index (κ2) is 5.67. The highest BCUT2D eigenvalue weighted by Gasteiger charge is 2.05. The normalized spacial score (nSPS) is 10.9. The first-order valence-electron chi connectivity index (χ1n) is 4.91. The van der Waals surface area contributed by atoms with Crippen molar-refractivity contribution in [2.75, 3.05) is 25.7 Å². The Morgan fingerprint density at radius 1 is 1.24 bits per heavy atom. The first kappa shape index (κ1) is 13.5. The minimum atomic E-state index is -3.02. The third-order valence-corrected chi connectivity index (χ3v) is 2.91. The van der Waals surface area contributed by atoms with E-state index in [0.717, 1.165) is 6.26 Å². The minimum Gasteiger partial charge on any atom is -0.493 e. The number of rotatable bonds is 5. The van der Waals surface area contributed by atoms with Crippen molar-refractivity contribution in [3.63, 3.8) is 0 Å². The summed E-state index contributed by atoms with van der Waals surface area (Å²) in [6.07, 6.45) is 1.15. The van der Waals surface area contributed by atoms with Gasteiger partial charge in [-0.1, -0.05) is 0 Å². The Morgan fingerprint density at radius 2 is 1.82 bits per heavy atom. The summed E-state index contributed by atoms with van der Waals surface area (Å²) in [5.41, 5.74) is 0.419. The van der Waals surface area contributed by atoms with Gasteiger partial charge in [0.15, 0.2) is 9.84 Å². The zero-order chi connectivity index (χ0) is 12.9. The van der Waals surface area contributed by atoms with Crippen LogP contribution in [-0.4, -0.2) is 40.1 Å². The number of carbonyl (C=O) groups excluding carboxylic acids is 1. The molecule has 0 fully saturated rings. The summed E-state index contributed by atoms with van der Waals surface area (Å²) in [7, 11) is -1.71. The fraction of sp³-hybridized carbons (Fsp3) is 0.364. The Morgan fingerprint density at radius 3 is 2.29 bits per heavy atom. The van der Waals surface area contributed by atoms with E-state index in [4.69, 9.17) is 4.74 Å². The van der Waals surface area contributed by atoms with Crippen molar-refractivity contribution in [1.82, 2.24) is 0 Å². The average Bonchev–Trinajstić information content (AvgIpc) is 2.27. The van der Waals surface area contributed by atoms with E-state index in [1.807, 2.05) is 0 Å². The molecule has 6 heteroatoms. The highest BCUT2D eigenvalue weighted by molar-refractivity contribution is 7.90. The summed E-state index contributed by atoms with van der Waals surface area (Å²) in [5, 5.41) is 0. The zero-order valence-corrected chi connectivity index (χ0v) is 10.5. The van der Waals surface area contributed by atoms with Gasteiger partial charge in [0.05, 0.1) is 18.4 Å². The van der Waals surface area contributed by atoms with E-state index in [1.54, 1.807) is 24.3 Å². The van der Waals surface area contributed by atoms with Crippen molar-refractivity contribution >= 4 is 15.8 Å². The van der Waals surface area contributed by atoms with Gasteiger partial charge in [0.2, 0.25) is 0 Å². The van der Waals surface area contributed by atoms with Crippen LogP contribution in [0.25, 0.3) is 0 Å². The molecule has 0 aromatic heterocycles. The van der Waals surface area contributed by atoms with E-state index in [2.05, 4.69) is 4.74 Å². The topological polar surface area (TPSA) is 69.7 Å². The average molecular weight is 258 g/mol. The van der Waals surface area contributed by atoms with Gasteiger partial charge in [-0.05, 0) is 24.3 Å². The summed E-state index contributed by atoms with van der Waals surface area (Å²) >= 11 is 0. The van der Waals surface area contributed by atoms with Crippen LogP contribution < -0.4 is 4.74 Å². The maximum atomic E-state index is 11.1. The van der Waals surface area contributed by atoms with Crippen molar-refractivity contribution in [2.24, 2.45) is 0 Å². The van der Waals surface area contributed by atoms with Crippen molar-refractivity contribution < 1.29 is 22.7 Å². The van der Waals surface area contributed by atoms with Crippen molar-refractivity contribution in [3.8, 4) is 5.75 Å². The quantitative estimate of drug-likeness (QED) is 0.734.